The van der Waals surface area contributed by atoms with Crippen molar-refractivity contribution in [1.82, 2.24) is 9.97 Å². The van der Waals surface area contributed by atoms with E-state index in [9.17, 15) is 23.1 Å². The Labute approximate surface area is 210 Å². The van der Waals surface area contributed by atoms with Gasteiger partial charge in [0.25, 0.3) is 0 Å². The molecule has 7 nitrogen and oxygen atoms in total. The normalized spacial score (nSPS) is 14.0. The van der Waals surface area contributed by atoms with E-state index in [1.165, 1.54) is 49.6 Å². The number of carbonyl (C=O) groups excluding carboxylic acids is 1. The first kappa shape index (κ1) is 27.2. The largest absolute Gasteiger partial charge is 0.515 e. The van der Waals surface area contributed by atoms with E-state index in [4.69, 9.17) is 21.1 Å². The molecular weight excluding hydrogens is 501 g/mol. The molecule has 11 heteroatoms. The molecule has 0 aliphatic heterocycles. The number of nitrogens with zero attached hydrogens (tertiary/aromatic N) is 2. The molecule has 0 saturated heterocycles. The predicted octanol–water partition coefficient (Wildman–Crippen LogP) is 6.11. The summed E-state index contributed by atoms with van der Waals surface area (Å²) in [5.74, 6) is -1.07. The summed E-state index contributed by atoms with van der Waals surface area (Å²) >= 11 is 6.33. The highest BCUT2D eigenvalue weighted by Gasteiger charge is 2.59. The number of benzene rings is 1. The van der Waals surface area contributed by atoms with Crippen LogP contribution in [0, 0.1) is 6.92 Å². The minimum Gasteiger partial charge on any atom is -0.489 e. The van der Waals surface area contributed by atoms with E-state index >= 15 is 0 Å². The van der Waals surface area contributed by atoms with Crippen LogP contribution in [-0.2, 0) is 16.9 Å². The van der Waals surface area contributed by atoms with E-state index < -0.39 is 23.9 Å². The van der Waals surface area contributed by atoms with Gasteiger partial charge in [-0.05, 0) is 55.3 Å². The van der Waals surface area contributed by atoms with Crippen molar-refractivity contribution in [2.24, 2.45) is 0 Å². The van der Waals surface area contributed by atoms with Crippen molar-refractivity contribution in [3.05, 3.63) is 82.3 Å². The van der Waals surface area contributed by atoms with Gasteiger partial charge in [-0.3, -0.25) is 4.98 Å². The van der Waals surface area contributed by atoms with Gasteiger partial charge in [0, 0.05) is 40.7 Å². The molecule has 192 valence electrons. The summed E-state index contributed by atoms with van der Waals surface area (Å²) in [6.45, 7) is 4.69. The fraction of sp³-hybridized carbons (Fsp3) is 0.320. The number of ether oxygens (including phenoxy) is 3. The third-order valence-corrected chi connectivity index (χ3v) is 5.81. The molecule has 3 aromatic rings. The molecule has 0 saturated carbocycles. The Hall–Kier alpha value is -3.37. The standard InChI is InChI=1S/C25H24ClF3N2O5/c1-4-34-23(32)36-22-8-5-17(13-31-22)14-35-19-6-7-20(21(26)12-19)16(3)24(33,25(27,28)29)18-9-10-30-15(2)11-18/h5-13,16,33H,4,14H2,1-3H3. The van der Waals surface area contributed by atoms with E-state index in [-0.39, 0.29) is 35.2 Å². The van der Waals surface area contributed by atoms with Gasteiger partial charge in [0.15, 0.2) is 5.60 Å². The Morgan fingerprint density at radius 1 is 1.14 bits per heavy atom. The topological polar surface area (TPSA) is 90.8 Å². The number of halogens is 4. The Kier molecular flexibility index (Phi) is 8.42. The van der Waals surface area contributed by atoms with Crippen molar-refractivity contribution >= 4 is 17.8 Å². The second-order valence-electron chi connectivity index (χ2n) is 7.93. The average molecular weight is 525 g/mol. The Morgan fingerprint density at radius 2 is 1.89 bits per heavy atom. The van der Waals surface area contributed by atoms with Gasteiger partial charge < -0.3 is 19.3 Å². The van der Waals surface area contributed by atoms with Crippen LogP contribution in [0.5, 0.6) is 11.6 Å². The number of hydrogen-bond acceptors (Lipinski definition) is 7. The molecule has 0 radical (unpaired) electrons. The summed E-state index contributed by atoms with van der Waals surface area (Å²) in [5, 5.41) is 10.9. The second kappa shape index (κ2) is 11.1. The molecular formula is C25H24ClF3N2O5. The molecule has 0 fully saturated rings. The molecule has 3 rings (SSSR count). The van der Waals surface area contributed by atoms with Crippen LogP contribution in [-0.4, -0.2) is 34.0 Å². The van der Waals surface area contributed by atoms with Gasteiger partial charge in [-0.1, -0.05) is 24.6 Å². The number of rotatable bonds is 8. The van der Waals surface area contributed by atoms with E-state index in [1.807, 2.05) is 0 Å². The summed E-state index contributed by atoms with van der Waals surface area (Å²) in [6, 6.07) is 9.67. The van der Waals surface area contributed by atoms with E-state index in [2.05, 4.69) is 14.7 Å². The minimum atomic E-state index is -4.98. The highest BCUT2D eigenvalue weighted by molar-refractivity contribution is 6.31. The molecule has 2 heterocycles. The van der Waals surface area contributed by atoms with Crippen LogP contribution >= 0.6 is 11.6 Å². The monoisotopic (exact) mass is 524 g/mol. The molecule has 2 atom stereocenters. The molecule has 0 aliphatic carbocycles. The molecule has 2 unspecified atom stereocenters. The van der Waals surface area contributed by atoms with Gasteiger partial charge in [0.05, 0.1) is 6.61 Å². The van der Waals surface area contributed by atoms with Crippen LogP contribution in [0.4, 0.5) is 18.0 Å². The molecule has 0 amide bonds. The lowest BCUT2D eigenvalue weighted by Gasteiger charge is -2.37. The first-order valence-electron chi connectivity index (χ1n) is 10.9. The highest BCUT2D eigenvalue weighted by atomic mass is 35.5. The lowest BCUT2D eigenvalue weighted by atomic mass is 9.78. The molecule has 0 spiro atoms. The zero-order valence-electron chi connectivity index (χ0n) is 19.7. The van der Waals surface area contributed by atoms with E-state index in [0.29, 0.717) is 17.0 Å². The van der Waals surface area contributed by atoms with Crippen LogP contribution < -0.4 is 9.47 Å². The lowest BCUT2D eigenvalue weighted by molar-refractivity contribution is -0.274. The Balaban J connectivity index is 1.75. The minimum absolute atomic E-state index is 0.00441. The summed E-state index contributed by atoms with van der Waals surface area (Å²) in [7, 11) is 0. The number of pyridine rings is 2. The van der Waals surface area contributed by atoms with Gasteiger partial charge >= 0.3 is 12.3 Å². The summed E-state index contributed by atoms with van der Waals surface area (Å²) in [5.41, 5.74) is -2.44. The van der Waals surface area contributed by atoms with Gasteiger partial charge in [-0.25, -0.2) is 9.78 Å². The Morgan fingerprint density at radius 3 is 2.47 bits per heavy atom. The molecule has 0 aliphatic rings. The number of aliphatic hydroxyl groups is 1. The first-order valence-corrected chi connectivity index (χ1v) is 11.3. The van der Waals surface area contributed by atoms with Crippen molar-refractivity contribution in [2.45, 2.75) is 45.1 Å². The van der Waals surface area contributed by atoms with Crippen molar-refractivity contribution in [3.8, 4) is 11.6 Å². The van der Waals surface area contributed by atoms with Crippen molar-refractivity contribution in [2.75, 3.05) is 6.61 Å². The third-order valence-electron chi connectivity index (χ3n) is 5.49. The van der Waals surface area contributed by atoms with Crippen LogP contribution in [0.15, 0.2) is 54.9 Å². The third kappa shape index (κ3) is 6.06. The number of aromatic nitrogens is 2. The van der Waals surface area contributed by atoms with Crippen LogP contribution in [0.3, 0.4) is 0 Å². The number of aryl methyl sites for hydroxylation is 1. The molecule has 2 aromatic heterocycles. The van der Waals surface area contributed by atoms with Gasteiger partial charge in [0.2, 0.25) is 5.88 Å². The van der Waals surface area contributed by atoms with Gasteiger partial charge in [-0.2, -0.15) is 13.2 Å². The smallest absolute Gasteiger partial charge is 0.489 e. The zero-order chi connectivity index (χ0) is 26.5. The SMILES string of the molecule is CCOC(=O)Oc1ccc(COc2ccc(C(C)C(O)(c3ccnc(C)c3)C(F)(F)F)c(Cl)c2)cn1. The summed E-state index contributed by atoms with van der Waals surface area (Å²) in [4.78, 5) is 19.2. The van der Waals surface area contributed by atoms with Gasteiger partial charge in [-0.15, -0.1) is 0 Å². The highest BCUT2D eigenvalue weighted by Crippen LogP contribution is 2.50. The maximum absolute atomic E-state index is 14.1. The average Bonchev–Trinajstić information content (AvgIpc) is 2.82. The van der Waals surface area contributed by atoms with E-state index in [0.717, 1.165) is 6.07 Å². The van der Waals surface area contributed by atoms with Crippen molar-refractivity contribution in [1.29, 1.82) is 0 Å². The Bertz CT molecular complexity index is 1210. The van der Waals surface area contributed by atoms with Crippen LogP contribution in [0.25, 0.3) is 0 Å². The second-order valence-corrected chi connectivity index (χ2v) is 8.34. The van der Waals surface area contributed by atoms with Crippen molar-refractivity contribution < 1.29 is 37.3 Å². The lowest BCUT2D eigenvalue weighted by Crippen LogP contribution is -2.46. The van der Waals surface area contributed by atoms with E-state index in [1.54, 1.807) is 19.9 Å². The maximum Gasteiger partial charge on any atom is 0.515 e. The van der Waals surface area contributed by atoms with Crippen molar-refractivity contribution in [3.63, 3.8) is 0 Å². The summed E-state index contributed by atoms with van der Waals surface area (Å²) in [6.07, 6.45) is -3.19. The number of carbonyl (C=O) groups is 1. The fourth-order valence-electron chi connectivity index (χ4n) is 3.57. The molecule has 36 heavy (non-hydrogen) atoms. The molecule has 1 N–H and O–H groups in total. The fourth-order valence-corrected chi connectivity index (χ4v) is 3.91. The maximum atomic E-state index is 14.1. The molecule has 1 aromatic carbocycles. The number of alkyl halides is 3. The predicted molar refractivity (Wildman–Crippen MR) is 125 cm³/mol. The van der Waals surface area contributed by atoms with Crippen LogP contribution in [0.2, 0.25) is 5.02 Å². The first-order chi connectivity index (χ1) is 17.0. The number of hydrogen-bond donors (Lipinski definition) is 1. The summed E-state index contributed by atoms with van der Waals surface area (Å²) < 4.78 is 57.6. The zero-order valence-corrected chi connectivity index (χ0v) is 20.4. The quantitative estimate of drug-likeness (QED) is 0.356. The van der Waals surface area contributed by atoms with Gasteiger partial charge in [0.1, 0.15) is 12.4 Å². The molecule has 0 bridgehead atoms. The van der Waals surface area contributed by atoms with Crippen LogP contribution in [0.1, 0.15) is 42.1 Å².